The van der Waals surface area contributed by atoms with Crippen LogP contribution in [0.5, 0.6) is 0 Å². The standard InChI is InChI=1S/C18H32N2O3.C2HF3O2/c1-22-11-10-20-14-18(16(13-23-2)17(20)21)6-8-19(9-7-18)12-15-4-3-5-15;3-2(4,5)1(6)7/h15-16H,3-14H2,1-2H3;(H,6,7). The van der Waals surface area contributed by atoms with E-state index in [0.29, 0.717) is 19.8 Å². The Bertz CT molecular complexity index is 575. The van der Waals surface area contributed by atoms with Gasteiger partial charge in [-0.1, -0.05) is 6.42 Å². The lowest BCUT2D eigenvalue weighted by atomic mass is 9.70. The van der Waals surface area contributed by atoms with Gasteiger partial charge in [-0.25, -0.2) is 4.79 Å². The molecule has 0 radical (unpaired) electrons. The molecule has 1 N–H and O–H groups in total. The zero-order valence-electron chi connectivity index (χ0n) is 17.7. The summed E-state index contributed by atoms with van der Waals surface area (Å²) in [5.74, 6) is -1.51. The zero-order valence-corrected chi connectivity index (χ0v) is 17.7. The third-order valence-corrected chi connectivity index (χ3v) is 6.59. The molecule has 30 heavy (non-hydrogen) atoms. The van der Waals surface area contributed by atoms with Crippen LogP contribution < -0.4 is 0 Å². The monoisotopic (exact) mass is 438 g/mol. The summed E-state index contributed by atoms with van der Waals surface area (Å²) in [6.45, 7) is 6.33. The molecule has 2 saturated heterocycles. The molecule has 0 aromatic carbocycles. The van der Waals surface area contributed by atoms with Gasteiger partial charge in [0, 0.05) is 39.3 Å². The van der Waals surface area contributed by atoms with Gasteiger partial charge in [0.2, 0.25) is 5.91 Å². The topological polar surface area (TPSA) is 79.3 Å². The summed E-state index contributed by atoms with van der Waals surface area (Å²) in [6.07, 6.45) is 1.42. The molecular weight excluding hydrogens is 405 g/mol. The summed E-state index contributed by atoms with van der Waals surface area (Å²) < 4.78 is 42.3. The molecule has 1 aliphatic carbocycles. The molecule has 10 heteroatoms. The van der Waals surface area contributed by atoms with E-state index in [4.69, 9.17) is 19.4 Å². The van der Waals surface area contributed by atoms with Crippen LogP contribution in [-0.4, -0.2) is 93.1 Å². The molecule has 0 bridgehead atoms. The smallest absolute Gasteiger partial charge is 0.475 e. The Hall–Kier alpha value is -1.39. The van der Waals surface area contributed by atoms with Crippen molar-refractivity contribution in [1.29, 1.82) is 0 Å². The number of ether oxygens (including phenoxy) is 2. The van der Waals surface area contributed by atoms with E-state index < -0.39 is 12.1 Å². The number of methoxy groups -OCH3 is 2. The van der Waals surface area contributed by atoms with Gasteiger partial charge < -0.3 is 24.4 Å². The summed E-state index contributed by atoms with van der Waals surface area (Å²) in [4.78, 5) is 26.3. The van der Waals surface area contributed by atoms with Crippen LogP contribution in [-0.2, 0) is 19.1 Å². The Morgan fingerprint density at radius 2 is 1.80 bits per heavy atom. The molecule has 1 unspecified atom stereocenters. The molecule has 3 aliphatic rings. The van der Waals surface area contributed by atoms with Crippen LogP contribution in [0.4, 0.5) is 13.2 Å². The first-order valence-electron chi connectivity index (χ1n) is 10.4. The second-order valence-corrected chi connectivity index (χ2v) is 8.52. The maximum Gasteiger partial charge on any atom is 0.490 e. The summed E-state index contributed by atoms with van der Waals surface area (Å²) in [5, 5.41) is 7.12. The lowest BCUT2D eigenvalue weighted by Gasteiger charge is -2.43. The number of carbonyl (C=O) groups is 2. The number of amides is 1. The first kappa shape index (κ1) is 24.9. The number of alkyl halides is 3. The number of hydrogen-bond acceptors (Lipinski definition) is 5. The van der Waals surface area contributed by atoms with Crippen LogP contribution in [0.2, 0.25) is 0 Å². The Morgan fingerprint density at radius 3 is 2.23 bits per heavy atom. The van der Waals surface area contributed by atoms with Gasteiger partial charge in [-0.15, -0.1) is 0 Å². The number of halogens is 3. The Balaban J connectivity index is 0.000000396. The summed E-state index contributed by atoms with van der Waals surface area (Å²) in [7, 11) is 3.41. The molecule has 2 aliphatic heterocycles. The Labute approximate surface area is 175 Å². The van der Waals surface area contributed by atoms with Crippen LogP contribution in [0, 0.1) is 17.3 Å². The minimum absolute atomic E-state index is 0.0372. The van der Waals surface area contributed by atoms with Crippen LogP contribution in [0.3, 0.4) is 0 Å². The van der Waals surface area contributed by atoms with Crippen LogP contribution in [0.15, 0.2) is 0 Å². The average Bonchev–Trinajstić information content (AvgIpc) is 2.90. The van der Waals surface area contributed by atoms with Gasteiger partial charge in [-0.3, -0.25) is 4.79 Å². The van der Waals surface area contributed by atoms with Crippen molar-refractivity contribution in [3.05, 3.63) is 0 Å². The predicted molar refractivity (Wildman–Crippen MR) is 103 cm³/mol. The molecule has 1 saturated carbocycles. The molecule has 3 fully saturated rings. The molecule has 7 nitrogen and oxygen atoms in total. The molecular formula is C20H33F3N2O5. The number of rotatable bonds is 7. The summed E-state index contributed by atoms with van der Waals surface area (Å²) in [5.41, 5.74) is 0.122. The molecule has 1 atom stereocenters. The number of likely N-dealkylation sites (tertiary alicyclic amines) is 2. The van der Waals surface area contributed by atoms with Crippen molar-refractivity contribution in [2.75, 3.05) is 60.2 Å². The highest BCUT2D eigenvalue weighted by molar-refractivity contribution is 5.82. The van der Waals surface area contributed by atoms with Gasteiger partial charge in [0.15, 0.2) is 0 Å². The zero-order chi connectivity index (χ0) is 22.4. The fourth-order valence-corrected chi connectivity index (χ4v) is 4.58. The fraction of sp³-hybridized carbons (Fsp3) is 0.900. The molecule has 2 heterocycles. The average molecular weight is 438 g/mol. The second-order valence-electron chi connectivity index (χ2n) is 8.52. The lowest BCUT2D eigenvalue weighted by Crippen LogP contribution is -2.47. The van der Waals surface area contributed by atoms with Crippen molar-refractivity contribution in [2.45, 2.75) is 38.3 Å². The second kappa shape index (κ2) is 10.8. The van der Waals surface area contributed by atoms with Crippen LogP contribution in [0.25, 0.3) is 0 Å². The number of carbonyl (C=O) groups excluding carboxylic acids is 1. The number of carboxylic acid groups (broad SMARTS) is 1. The minimum Gasteiger partial charge on any atom is -0.475 e. The van der Waals surface area contributed by atoms with Crippen LogP contribution >= 0.6 is 0 Å². The maximum atomic E-state index is 12.8. The van der Waals surface area contributed by atoms with E-state index in [2.05, 4.69) is 4.90 Å². The van der Waals surface area contributed by atoms with Gasteiger partial charge in [0.1, 0.15) is 0 Å². The number of hydrogen-bond donors (Lipinski definition) is 1. The molecule has 0 aromatic heterocycles. The van der Waals surface area contributed by atoms with E-state index in [0.717, 1.165) is 38.4 Å². The molecule has 3 rings (SSSR count). The first-order chi connectivity index (χ1) is 14.1. The largest absolute Gasteiger partial charge is 0.490 e. The Kier molecular flexibility index (Phi) is 8.93. The van der Waals surface area contributed by atoms with Crippen molar-refractivity contribution >= 4 is 11.9 Å². The van der Waals surface area contributed by atoms with Gasteiger partial charge >= 0.3 is 12.1 Å². The van der Waals surface area contributed by atoms with E-state index in [-0.39, 0.29) is 17.2 Å². The lowest BCUT2D eigenvalue weighted by molar-refractivity contribution is -0.192. The highest BCUT2D eigenvalue weighted by atomic mass is 19.4. The fourth-order valence-electron chi connectivity index (χ4n) is 4.58. The highest BCUT2D eigenvalue weighted by Gasteiger charge is 2.52. The number of aliphatic carboxylic acids is 1. The quantitative estimate of drug-likeness (QED) is 0.657. The summed E-state index contributed by atoms with van der Waals surface area (Å²) in [6, 6.07) is 0. The van der Waals surface area contributed by atoms with E-state index in [9.17, 15) is 18.0 Å². The molecule has 0 aromatic rings. The third kappa shape index (κ3) is 6.31. The SMILES string of the molecule is COCCN1CC2(CCN(CC3CCC3)CC2)C(COC)C1=O.O=C(O)C(F)(F)F. The van der Waals surface area contributed by atoms with Gasteiger partial charge in [-0.05, 0) is 44.7 Å². The van der Waals surface area contributed by atoms with Crippen molar-refractivity contribution < 1.29 is 37.3 Å². The van der Waals surface area contributed by atoms with E-state index in [1.165, 1.54) is 25.8 Å². The van der Waals surface area contributed by atoms with Crippen molar-refractivity contribution in [3.8, 4) is 0 Å². The van der Waals surface area contributed by atoms with Gasteiger partial charge in [0.05, 0.1) is 19.1 Å². The predicted octanol–water partition coefficient (Wildman–Crippen LogP) is 2.25. The maximum absolute atomic E-state index is 12.8. The summed E-state index contributed by atoms with van der Waals surface area (Å²) >= 11 is 0. The van der Waals surface area contributed by atoms with Crippen LogP contribution in [0.1, 0.15) is 32.1 Å². The molecule has 1 spiro atoms. The molecule has 1 amide bonds. The van der Waals surface area contributed by atoms with Gasteiger partial charge in [-0.2, -0.15) is 13.2 Å². The minimum atomic E-state index is -5.08. The van der Waals surface area contributed by atoms with Crippen molar-refractivity contribution in [2.24, 2.45) is 17.3 Å². The number of nitrogens with zero attached hydrogens (tertiary/aromatic N) is 2. The normalized spacial score (nSPS) is 24.5. The highest BCUT2D eigenvalue weighted by Crippen LogP contribution is 2.45. The Morgan fingerprint density at radius 1 is 1.20 bits per heavy atom. The van der Waals surface area contributed by atoms with E-state index in [1.54, 1.807) is 14.2 Å². The first-order valence-corrected chi connectivity index (χ1v) is 10.4. The van der Waals surface area contributed by atoms with Crippen molar-refractivity contribution in [3.63, 3.8) is 0 Å². The van der Waals surface area contributed by atoms with Gasteiger partial charge in [0.25, 0.3) is 0 Å². The number of carboxylic acids is 1. The third-order valence-electron chi connectivity index (χ3n) is 6.59. The molecule has 174 valence electrons. The van der Waals surface area contributed by atoms with E-state index >= 15 is 0 Å². The number of piperidine rings is 1. The van der Waals surface area contributed by atoms with E-state index in [1.807, 2.05) is 4.90 Å². The van der Waals surface area contributed by atoms with Crippen molar-refractivity contribution in [1.82, 2.24) is 9.80 Å².